The predicted octanol–water partition coefficient (Wildman–Crippen LogP) is 4.28. The van der Waals surface area contributed by atoms with Crippen molar-refractivity contribution in [2.45, 2.75) is 30.8 Å². The Hall–Kier alpha value is -3.63. The van der Waals surface area contributed by atoms with Crippen LogP contribution in [0.25, 0.3) is 15.9 Å². The van der Waals surface area contributed by atoms with Gasteiger partial charge >= 0.3 is 0 Å². The first kappa shape index (κ1) is 24.1. The Morgan fingerprint density at radius 3 is 2.69 bits per heavy atom. The molecule has 36 heavy (non-hydrogen) atoms. The Balaban J connectivity index is 1.43. The number of carbonyl (C=O) groups excluding carboxylic acids is 1. The topological polar surface area (TPSA) is 106 Å². The maximum Gasteiger partial charge on any atom is 0.267 e. The molecule has 10 heteroatoms. The Morgan fingerprint density at radius 1 is 1.19 bits per heavy atom. The van der Waals surface area contributed by atoms with Crippen LogP contribution >= 0.6 is 23.1 Å². The Bertz CT molecular complexity index is 1490. The third-order valence-corrected chi connectivity index (χ3v) is 8.04. The minimum Gasteiger partial charge on any atom is -0.508 e. The van der Waals surface area contributed by atoms with Crippen LogP contribution in [0.1, 0.15) is 28.8 Å². The summed E-state index contributed by atoms with van der Waals surface area (Å²) in [6.07, 6.45) is 5.56. The molecule has 0 saturated heterocycles. The molecule has 8 nitrogen and oxygen atoms in total. The number of methoxy groups -OCH3 is 1. The van der Waals surface area contributed by atoms with E-state index >= 15 is 0 Å². The van der Waals surface area contributed by atoms with E-state index in [2.05, 4.69) is 10.5 Å². The van der Waals surface area contributed by atoms with Crippen molar-refractivity contribution in [2.24, 2.45) is 5.10 Å². The van der Waals surface area contributed by atoms with Gasteiger partial charge < -0.3 is 9.84 Å². The summed E-state index contributed by atoms with van der Waals surface area (Å²) in [4.78, 5) is 33.1. The number of hydrazone groups is 1. The fourth-order valence-corrected chi connectivity index (χ4v) is 6.25. The van der Waals surface area contributed by atoms with Crippen molar-refractivity contribution in [3.8, 4) is 17.2 Å². The largest absolute Gasteiger partial charge is 0.508 e. The average Bonchev–Trinajstić information content (AvgIpc) is 3.27. The number of thioether (sulfide) groups is 1. The molecule has 2 N–H and O–H groups in total. The summed E-state index contributed by atoms with van der Waals surface area (Å²) in [5, 5.41) is 14.5. The molecule has 0 radical (unpaired) electrons. The highest BCUT2D eigenvalue weighted by Gasteiger charge is 2.23. The molecule has 2 aromatic carbocycles. The zero-order valence-corrected chi connectivity index (χ0v) is 21.2. The average molecular weight is 521 g/mol. The van der Waals surface area contributed by atoms with Crippen LogP contribution in [-0.2, 0) is 17.6 Å². The molecule has 4 aromatic rings. The van der Waals surface area contributed by atoms with Gasteiger partial charge in [0.1, 0.15) is 16.3 Å². The Kier molecular flexibility index (Phi) is 7.06. The molecule has 0 saturated carbocycles. The van der Waals surface area contributed by atoms with Gasteiger partial charge in [0, 0.05) is 4.88 Å². The molecule has 1 aliphatic carbocycles. The van der Waals surface area contributed by atoms with E-state index in [1.54, 1.807) is 59.4 Å². The number of thiophene rings is 1. The lowest BCUT2D eigenvalue weighted by molar-refractivity contribution is -0.118. The fourth-order valence-electron chi connectivity index (χ4n) is 4.14. The van der Waals surface area contributed by atoms with Gasteiger partial charge in [-0.3, -0.25) is 14.2 Å². The van der Waals surface area contributed by atoms with Gasteiger partial charge in [-0.1, -0.05) is 11.8 Å². The minimum absolute atomic E-state index is 0.0338. The van der Waals surface area contributed by atoms with Crippen LogP contribution in [-0.4, -0.2) is 39.6 Å². The first-order valence-electron chi connectivity index (χ1n) is 11.5. The van der Waals surface area contributed by atoms with Crippen molar-refractivity contribution in [3.05, 3.63) is 74.9 Å². The standard InChI is InChI=1S/C26H24N4O4S2/c1-34-19-12-8-17(9-13-19)30-25(33)23-20-4-2-3-5-21(20)36-24(23)28-26(30)35-15-22(32)29-27-14-16-6-10-18(31)11-7-16/h6-14,31H,2-5,15H2,1H3,(H,29,32)/b27-14+. The molecule has 2 aromatic heterocycles. The molecule has 0 bridgehead atoms. The molecule has 0 fully saturated rings. The van der Waals surface area contributed by atoms with Crippen molar-refractivity contribution in [1.29, 1.82) is 0 Å². The molecular formula is C26H24N4O4S2. The van der Waals surface area contributed by atoms with Crippen LogP contribution in [0.15, 0.2) is 63.6 Å². The van der Waals surface area contributed by atoms with Gasteiger partial charge in [-0.25, -0.2) is 10.4 Å². The first-order chi connectivity index (χ1) is 17.5. The van der Waals surface area contributed by atoms with Crippen LogP contribution in [0.2, 0.25) is 0 Å². The van der Waals surface area contributed by atoms with Crippen LogP contribution in [0.5, 0.6) is 11.5 Å². The monoisotopic (exact) mass is 520 g/mol. The smallest absolute Gasteiger partial charge is 0.267 e. The van der Waals surface area contributed by atoms with E-state index in [1.165, 1.54) is 22.9 Å². The molecule has 184 valence electrons. The summed E-state index contributed by atoms with van der Waals surface area (Å²) in [6.45, 7) is 0. The lowest BCUT2D eigenvalue weighted by Crippen LogP contribution is -2.24. The lowest BCUT2D eigenvalue weighted by Gasteiger charge is -2.14. The van der Waals surface area contributed by atoms with Crippen molar-refractivity contribution >= 4 is 45.4 Å². The zero-order valence-electron chi connectivity index (χ0n) is 19.6. The van der Waals surface area contributed by atoms with Crippen molar-refractivity contribution in [3.63, 3.8) is 0 Å². The molecule has 0 unspecified atom stereocenters. The number of benzene rings is 2. The third-order valence-electron chi connectivity index (χ3n) is 5.92. The summed E-state index contributed by atoms with van der Waals surface area (Å²) < 4.78 is 6.85. The molecule has 0 atom stereocenters. The fraction of sp³-hybridized carbons (Fsp3) is 0.231. The number of hydrogen-bond donors (Lipinski definition) is 2. The minimum atomic E-state index is -0.323. The number of nitrogens with zero attached hydrogens (tertiary/aromatic N) is 3. The number of phenolic OH excluding ortho intramolecular Hbond substituents is 1. The predicted molar refractivity (Wildman–Crippen MR) is 143 cm³/mol. The number of aromatic hydroxyl groups is 1. The number of amides is 1. The van der Waals surface area contributed by atoms with Crippen LogP contribution in [0.4, 0.5) is 0 Å². The SMILES string of the molecule is COc1ccc(-n2c(SCC(=O)N/N=C/c3ccc(O)cc3)nc3sc4c(c3c2=O)CCCC4)cc1. The van der Waals surface area contributed by atoms with Gasteiger partial charge in [-0.05, 0) is 85.3 Å². The molecule has 0 aliphatic heterocycles. The number of rotatable bonds is 7. The van der Waals surface area contributed by atoms with Gasteiger partial charge in [0.15, 0.2) is 5.16 Å². The van der Waals surface area contributed by atoms with Gasteiger partial charge in [-0.2, -0.15) is 5.10 Å². The first-order valence-corrected chi connectivity index (χ1v) is 13.3. The van der Waals surface area contributed by atoms with E-state index in [9.17, 15) is 14.7 Å². The highest BCUT2D eigenvalue weighted by molar-refractivity contribution is 7.99. The van der Waals surface area contributed by atoms with E-state index in [0.29, 0.717) is 22.0 Å². The van der Waals surface area contributed by atoms with Crippen molar-refractivity contribution in [2.75, 3.05) is 12.9 Å². The number of ether oxygens (including phenoxy) is 1. The highest BCUT2D eigenvalue weighted by atomic mass is 32.2. The number of aryl methyl sites for hydroxylation is 2. The molecule has 2 heterocycles. The van der Waals surface area contributed by atoms with Crippen LogP contribution < -0.4 is 15.7 Å². The van der Waals surface area contributed by atoms with Gasteiger partial charge in [0.05, 0.1) is 30.2 Å². The zero-order chi connectivity index (χ0) is 25.1. The van der Waals surface area contributed by atoms with Gasteiger partial charge in [0.25, 0.3) is 11.5 Å². The molecule has 0 spiro atoms. The molecule has 1 aliphatic rings. The lowest BCUT2D eigenvalue weighted by atomic mass is 9.97. The number of carbonyl (C=O) groups is 1. The normalized spacial score (nSPS) is 13.1. The van der Waals surface area contributed by atoms with Crippen LogP contribution in [0.3, 0.4) is 0 Å². The number of phenols is 1. The highest BCUT2D eigenvalue weighted by Crippen LogP contribution is 2.35. The van der Waals surface area contributed by atoms with Crippen LogP contribution in [0, 0.1) is 0 Å². The van der Waals surface area contributed by atoms with E-state index in [4.69, 9.17) is 9.72 Å². The quantitative estimate of drug-likeness (QED) is 0.163. The molecule has 5 rings (SSSR count). The van der Waals surface area contributed by atoms with Crippen molar-refractivity contribution in [1.82, 2.24) is 15.0 Å². The second kappa shape index (κ2) is 10.5. The summed E-state index contributed by atoms with van der Waals surface area (Å²) >= 11 is 2.78. The van der Waals surface area contributed by atoms with Gasteiger partial charge in [0.2, 0.25) is 0 Å². The Morgan fingerprint density at radius 2 is 1.94 bits per heavy atom. The number of fused-ring (bicyclic) bond motifs is 3. The maximum absolute atomic E-state index is 13.8. The molecule has 1 amide bonds. The summed E-state index contributed by atoms with van der Waals surface area (Å²) in [5.41, 5.74) is 4.92. The van der Waals surface area contributed by atoms with Crippen molar-refractivity contribution < 1.29 is 14.6 Å². The summed E-state index contributed by atoms with van der Waals surface area (Å²) in [7, 11) is 1.59. The van der Waals surface area contributed by atoms with E-state index in [1.807, 2.05) is 12.1 Å². The molecular weight excluding hydrogens is 496 g/mol. The number of nitrogens with one attached hydrogen (secondary N) is 1. The van der Waals surface area contributed by atoms with E-state index < -0.39 is 0 Å². The van der Waals surface area contributed by atoms with E-state index in [0.717, 1.165) is 41.6 Å². The van der Waals surface area contributed by atoms with Gasteiger partial charge in [-0.15, -0.1) is 11.3 Å². The third kappa shape index (κ3) is 5.00. The summed E-state index contributed by atoms with van der Waals surface area (Å²) in [5.74, 6) is 0.558. The summed E-state index contributed by atoms with van der Waals surface area (Å²) in [6, 6.07) is 13.7. The number of aromatic nitrogens is 2. The maximum atomic E-state index is 13.8. The second-order valence-corrected chi connectivity index (χ2v) is 10.3. The van der Waals surface area contributed by atoms with E-state index in [-0.39, 0.29) is 23.0 Å². The Labute approximate surface area is 215 Å². The second-order valence-electron chi connectivity index (χ2n) is 8.30. The number of hydrogen-bond acceptors (Lipinski definition) is 8.